The third kappa shape index (κ3) is 5.85. The van der Waals surface area contributed by atoms with E-state index in [1.54, 1.807) is 6.08 Å². The van der Waals surface area contributed by atoms with Crippen LogP contribution in [0.3, 0.4) is 0 Å². The number of benzene rings is 1. The van der Waals surface area contributed by atoms with E-state index in [0.717, 1.165) is 6.08 Å². The summed E-state index contributed by atoms with van der Waals surface area (Å²) in [5.41, 5.74) is 6.00. The normalized spacial score (nSPS) is 11.8. The van der Waals surface area contributed by atoms with Gasteiger partial charge >= 0.3 is 5.97 Å². The molecule has 7 heteroatoms. The van der Waals surface area contributed by atoms with E-state index < -0.39 is 16.0 Å². The Balaban J connectivity index is 2.34. The molecule has 20 heavy (non-hydrogen) atoms. The summed E-state index contributed by atoms with van der Waals surface area (Å²) in [6, 6.07) is 5.97. The molecule has 6 nitrogen and oxygen atoms in total. The zero-order valence-corrected chi connectivity index (χ0v) is 11.8. The highest BCUT2D eigenvalue weighted by molar-refractivity contribution is 7.89. The number of hydrogen-bond acceptors (Lipinski definition) is 4. The van der Waals surface area contributed by atoms with Crippen LogP contribution in [-0.2, 0) is 14.8 Å². The molecule has 1 aromatic carbocycles. The summed E-state index contributed by atoms with van der Waals surface area (Å²) in [6.07, 6.45) is 4.59. The Kier molecular flexibility index (Phi) is 6.20. The molecular weight excluding hydrogens is 280 g/mol. The summed E-state index contributed by atoms with van der Waals surface area (Å²) < 4.78 is 26.2. The van der Waals surface area contributed by atoms with Gasteiger partial charge in [0.2, 0.25) is 10.0 Å². The van der Waals surface area contributed by atoms with Crippen molar-refractivity contribution in [2.45, 2.75) is 24.2 Å². The molecule has 0 aliphatic carbocycles. The predicted molar refractivity (Wildman–Crippen MR) is 76.7 cm³/mol. The van der Waals surface area contributed by atoms with Gasteiger partial charge in [-0.3, -0.25) is 0 Å². The molecule has 0 amide bonds. The summed E-state index contributed by atoms with van der Waals surface area (Å²) >= 11 is 0. The SMILES string of the molecule is Nc1ccc(S(=O)(=O)NCCCC/C=C/C(=O)O)cc1. The number of rotatable bonds is 8. The second-order valence-electron chi connectivity index (χ2n) is 4.20. The van der Waals surface area contributed by atoms with Gasteiger partial charge in [0.15, 0.2) is 0 Å². The summed E-state index contributed by atoms with van der Waals surface area (Å²) in [5.74, 6) is -0.978. The molecule has 0 aliphatic rings. The zero-order valence-electron chi connectivity index (χ0n) is 11.0. The minimum absolute atomic E-state index is 0.178. The Morgan fingerprint density at radius 1 is 1.25 bits per heavy atom. The standard InChI is InChI=1S/C13H18N2O4S/c14-11-6-8-12(9-7-11)20(18,19)15-10-4-2-1-3-5-13(16)17/h3,5-9,15H,1-2,4,10,14H2,(H,16,17)/b5-3+. The van der Waals surface area contributed by atoms with Crippen molar-refractivity contribution in [3.05, 3.63) is 36.4 Å². The van der Waals surface area contributed by atoms with Gasteiger partial charge in [0.25, 0.3) is 0 Å². The number of nitrogen functional groups attached to an aromatic ring is 1. The van der Waals surface area contributed by atoms with E-state index in [1.165, 1.54) is 24.3 Å². The van der Waals surface area contributed by atoms with Crippen molar-refractivity contribution < 1.29 is 18.3 Å². The Labute approximate surface area is 118 Å². The van der Waals surface area contributed by atoms with E-state index in [4.69, 9.17) is 10.8 Å². The van der Waals surface area contributed by atoms with Crippen molar-refractivity contribution in [2.75, 3.05) is 12.3 Å². The number of nitrogens with two attached hydrogens (primary N) is 1. The molecule has 0 atom stereocenters. The molecule has 0 unspecified atom stereocenters. The molecule has 0 fully saturated rings. The number of unbranched alkanes of at least 4 members (excludes halogenated alkanes) is 2. The molecule has 0 radical (unpaired) electrons. The minimum atomic E-state index is -3.50. The van der Waals surface area contributed by atoms with Crippen LogP contribution in [0.4, 0.5) is 5.69 Å². The maximum absolute atomic E-state index is 11.9. The Morgan fingerprint density at radius 2 is 1.90 bits per heavy atom. The monoisotopic (exact) mass is 298 g/mol. The number of nitrogens with one attached hydrogen (secondary N) is 1. The van der Waals surface area contributed by atoms with Gasteiger partial charge in [0.05, 0.1) is 4.90 Å². The van der Waals surface area contributed by atoms with Crippen LogP contribution in [0.1, 0.15) is 19.3 Å². The van der Waals surface area contributed by atoms with Crippen molar-refractivity contribution in [3.8, 4) is 0 Å². The summed E-state index contributed by atoms with van der Waals surface area (Å²) in [4.78, 5) is 10.4. The third-order valence-corrected chi connectivity index (χ3v) is 4.02. The van der Waals surface area contributed by atoms with Gasteiger partial charge in [0, 0.05) is 18.3 Å². The van der Waals surface area contributed by atoms with Gasteiger partial charge in [0.1, 0.15) is 0 Å². The molecule has 4 N–H and O–H groups in total. The molecule has 1 aromatic rings. The molecule has 0 aliphatic heterocycles. The third-order valence-electron chi connectivity index (χ3n) is 2.54. The van der Waals surface area contributed by atoms with Crippen LogP contribution in [0.2, 0.25) is 0 Å². The fourth-order valence-electron chi connectivity index (χ4n) is 1.51. The molecule has 0 heterocycles. The van der Waals surface area contributed by atoms with Crippen molar-refractivity contribution in [3.63, 3.8) is 0 Å². The van der Waals surface area contributed by atoms with Gasteiger partial charge in [-0.05, 0) is 43.5 Å². The molecule has 0 bridgehead atoms. The van der Waals surface area contributed by atoms with Gasteiger partial charge < -0.3 is 10.8 Å². The highest BCUT2D eigenvalue weighted by Crippen LogP contribution is 2.11. The van der Waals surface area contributed by atoms with Gasteiger partial charge in [-0.25, -0.2) is 17.9 Å². The number of anilines is 1. The van der Waals surface area contributed by atoms with E-state index >= 15 is 0 Å². The Morgan fingerprint density at radius 3 is 2.50 bits per heavy atom. The molecule has 0 aromatic heterocycles. The second-order valence-corrected chi connectivity index (χ2v) is 5.97. The minimum Gasteiger partial charge on any atom is -0.478 e. The quantitative estimate of drug-likeness (QED) is 0.381. The van der Waals surface area contributed by atoms with E-state index in [9.17, 15) is 13.2 Å². The Hall–Kier alpha value is -1.86. The first kappa shape index (κ1) is 16.2. The maximum Gasteiger partial charge on any atom is 0.327 e. The van der Waals surface area contributed by atoms with Crippen LogP contribution in [0.15, 0.2) is 41.3 Å². The lowest BCUT2D eigenvalue weighted by atomic mass is 10.2. The molecule has 0 saturated carbocycles. The average molecular weight is 298 g/mol. The average Bonchev–Trinajstić information content (AvgIpc) is 2.37. The van der Waals surface area contributed by atoms with E-state index in [2.05, 4.69) is 4.72 Å². The summed E-state index contributed by atoms with van der Waals surface area (Å²) in [5, 5.41) is 8.38. The number of aliphatic carboxylic acids is 1. The van der Waals surface area contributed by atoms with Crippen molar-refractivity contribution in [1.29, 1.82) is 0 Å². The van der Waals surface area contributed by atoms with Gasteiger partial charge in [-0.1, -0.05) is 6.08 Å². The summed E-state index contributed by atoms with van der Waals surface area (Å²) in [6.45, 7) is 0.313. The van der Waals surface area contributed by atoms with Gasteiger partial charge in [-0.2, -0.15) is 0 Å². The van der Waals surface area contributed by atoms with E-state index in [-0.39, 0.29) is 4.90 Å². The van der Waals surface area contributed by atoms with Crippen LogP contribution in [0.25, 0.3) is 0 Å². The fraction of sp³-hybridized carbons (Fsp3) is 0.308. The first-order valence-electron chi connectivity index (χ1n) is 6.16. The molecule has 110 valence electrons. The van der Waals surface area contributed by atoms with Crippen LogP contribution >= 0.6 is 0 Å². The fourth-order valence-corrected chi connectivity index (χ4v) is 2.58. The number of hydrogen-bond donors (Lipinski definition) is 3. The number of carboxylic acids is 1. The van der Waals surface area contributed by atoms with Crippen LogP contribution in [-0.4, -0.2) is 26.0 Å². The van der Waals surface area contributed by atoms with Crippen LogP contribution < -0.4 is 10.5 Å². The lowest BCUT2D eigenvalue weighted by Gasteiger charge is -2.06. The highest BCUT2D eigenvalue weighted by Gasteiger charge is 2.12. The number of sulfonamides is 1. The van der Waals surface area contributed by atoms with Gasteiger partial charge in [-0.15, -0.1) is 0 Å². The topological polar surface area (TPSA) is 109 Å². The molecule has 0 spiro atoms. The lowest BCUT2D eigenvalue weighted by Crippen LogP contribution is -2.24. The van der Waals surface area contributed by atoms with Crippen molar-refractivity contribution in [2.24, 2.45) is 0 Å². The number of allylic oxidation sites excluding steroid dienone is 1. The highest BCUT2D eigenvalue weighted by atomic mass is 32.2. The first-order valence-corrected chi connectivity index (χ1v) is 7.65. The summed E-state index contributed by atoms with van der Waals surface area (Å²) in [7, 11) is -3.50. The lowest BCUT2D eigenvalue weighted by molar-refractivity contribution is -0.131. The maximum atomic E-state index is 11.9. The van der Waals surface area contributed by atoms with Crippen molar-refractivity contribution in [1.82, 2.24) is 4.72 Å². The van der Waals surface area contributed by atoms with Crippen LogP contribution in [0, 0.1) is 0 Å². The van der Waals surface area contributed by atoms with E-state index in [0.29, 0.717) is 31.5 Å². The molecular formula is C13H18N2O4S. The van der Waals surface area contributed by atoms with E-state index in [1.807, 2.05) is 0 Å². The number of carbonyl (C=O) groups is 1. The first-order chi connectivity index (χ1) is 9.42. The molecule has 1 rings (SSSR count). The smallest absolute Gasteiger partial charge is 0.327 e. The Bertz CT molecular complexity index is 565. The molecule has 0 saturated heterocycles. The van der Waals surface area contributed by atoms with Crippen molar-refractivity contribution >= 4 is 21.7 Å². The van der Waals surface area contributed by atoms with Crippen LogP contribution in [0.5, 0.6) is 0 Å². The predicted octanol–water partition coefficient (Wildman–Crippen LogP) is 1.36. The zero-order chi connectivity index (χ0) is 15.0. The second kappa shape index (κ2) is 7.66. The largest absolute Gasteiger partial charge is 0.478 e. The number of carboxylic acid groups (broad SMARTS) is 1.